The van der Waals surface area contributed by atoms with E-state index in [1.807, 2.05) is 12.1 Å². The van der Waals surface area contributed by atoms with Gasteiger partial charge in [0.25, 0.3) is 0 Å². The van der Waals surface area contributed by atoms with E-state index in [-0.39, 0.29) is 16.9 Å². The van der Waals surface area contributed by atoms with E-state index in [0.29, 0.717) is 21.8 Å². The number of aromatic hydroxyl groups is 2. The van der Waals surface area contributed by atoms with Crippen LogP contribution in [0.5, 0.6) is 11.5 Å². The third-order valence-corrected chi connectivity index (χ3v) is 7.82. The van der Waals surface area contributed by atoms with Gasteiger partial charge in [-0.15, -0.1) is 0 Å². The monoisotopic (exact) mass is 506 g/mol. The van der Waals surface area contributed by atoms with E-state index in [2.05, 4.69) is 80.4 Å². The minimum absolute atomic E-state index is 0.265. The lowest BCUT2D eigenvalue weighted by molar-refractivity contribution is 0.431. The first-order valence-electron chi connectivity index (χ1n) is 9.55. The summed E-state index contributed by atoms with van der Waals surface area (Å²) in [5.41, 5.74) is 6.48. The van der Waals surface area contributed by atoms with Gasteiger partial charge in [0, 0.05) is 16.5 Å². The summed E-state index contributed by atoms with van der Waals surface area (Å²) in [6.07, 6.45) is 1.38. The molecule has 29 heavy (non-hydrogen) atoms. The minimum Gasteiger partial charge on any atom is -0.506 e. The Balaban J connectivity index is 1.75. The maximum Gasteiger partial charge on any atom is 0.133 e. The van der Waals surface area contributed by atoms with Crippen LogP contribution in [0, 0.1) is 0 Å². The van der Waals surface area contributed by atoms with Crippen molar-refractivity contribution in [3.63, 3.8) is 0 Å². The lowest BCUT2D eigenvalue weighted by Gasteiger charge is -2.38. The van der Waals surface area contributed by atoms with Gasteiger partial charge in [-0.3, -0.25) is 0 Å². The largest absolute Gasteiger partial charge is 0.506 e. The fourth-order valence-corrected chi connectivity index (χ4v) is 6.43. The molecule has 0 saturated carbocycles. The molecule has 0 fully saturated rings. The molecule has 6 rings (SSSR count). The van der Waals surface area contributed by atoms with Crippen LogP contribution in [0.4, 0.5) is 0 Å². The summed E-state index contributed by atoms with van der Waals surface area (Å²) in [5.74, 6) is 0.530. The first-order chi connectivity index (χ1) is 14.0. The molecule has 0 amide bonds. The van der Waals surface area contributed by atoms with Crippen LogP contribution < -0.4 is 0 Å². The zero-order valence-corrected chi connectivity index (χ0v) is 18.5. The molecule has 2 aliphatic rings. The molecule has 0 aliphatic heterocycles. The lowest BCUT2D eigenvalue weighted by Crippen LogP contribution is -2.34. The predicted octanol–water partition coefficient (Wildman–Crippen LogP) is 6.84. The quantitative estimate of drug-likeness (QED) is 0.273. The van der Waals surface area contributed by atoms with Crippen molar-refractivity contribution in [3.8, 4) is 22.6 Å². The average molecular weight is 508 g/mol. The molecule has 2 aliphatic carbocycles. The highest BCUT2D eigenvalue weighted by molar-refractivity contribution is 9.11. The molecule has 4 aromatic rings. The van der Waals surface area contributed by atoms with Crippen LogP contribution in [-0.4, -0.2) is 10.2 Å². The van der Waals surface area contributed by atoms with Crippen molar-refractivity contribution in [2.75, 3.05) is 0 Å². The third-order valence-electron chi connectivity index (χ3n) is 6.61. The van der Waals surface area contributed by atoms with Gasteiger partial charge in [0.2, 0.25) is 0 Å². The number of rotatable bonds is 0. The fraction of sp³-hybridized carbons (Fsp3) is 0.120. The highest BCUT2D eigenvalue weighted by Gasteiger charge is 2.47. The van der Waals surface area contributed by atoms with Crippen molar-refractivity contribution in [2.45, 2.75) is 18.3 Å². The molecule has 4 heteroatoms. The molecule has 0 bridgehead atoms. The molecule has 0 radical (unpaired) electrons. The Labute approximate surface area is 185 Å². The van der Waals surface area contributed by atoms with Gasteiger partial charge in [-0.25, -0.2) is 0 Å². The van der Waals surface area contributed by atoms with Crippen molar-refractivity contribution in [1.82, 2.24) is 0 Å². The second-order valence-corrected chi connectivity index (χ2v) is 9.70. The Kier molecular flexibility index (Phi) is 3.55. The second kappa shape index (κ2) is 5.87. The van der Waals surface area contributed by atoms with Crippen molar-refractivity contribution < 1.29 is 10.2 Å². The Morgan fingerprint density at radius 1 is 0.690 bits per heavy atom. The molecule has 0 atom stereocenters. The summed E-state index contributed by atoms with van der Waals surface area (Å²) in [6.45, 7) is 0. The fourth-order valence-electron chi connectivity index (χ4n) is 5.46. The molecule has 2 N–H and O–H groups in total. The summed E-state index contributed by atoms with van der Waals surface area (Å²) in [4.78, 5) is 0. The van der Waals surface area contributed by atoms with E-state index >= 15 is 0 Å². The van der Waals surface area contributed by atoms with Gasteiger partial charge in [0.05, 0.1) is 8.95 Å². The molecule has 0 aromatic heterocycles. The van der Waals surface area contributed by atoms with Crippen LogP contribution in [0.25, 0.3) is 21.9 Å². The van der Waals surface area contributed by atoms with E-state index in [0.717, 1.165) is 21.9 Å². The molecule has 1 spiro atoms. The van der Waals surface area contributed by atoms with Crippen LogP contribution >= 0.6 is 31.9 Å². The molecular weight excluding hydrogens is 492 g/mol. The number of benzene rings is 4. The summed E-state index contributed by atoms with van der Waals surface area (Å²) >= 11 is 7.06. The SMILES string of the molecule is Oc1c(Br)cc2cc(Br)c(O)c3c2c1CC1(C3)c2ccccc2-c2ccccc21. The molecule has 0 saturated heterocycles. The van der Waals surface area contributed by atoms with Gasteiger partial charge in [-0.1, -0.05) is 48.5 Å². The van der Waals surface area contributed by atoms with Gasteiger partial charge in [-0.05, 0) is 89.9 Å². The molecular formula is C25H16Br2O2. The van der Waals surface area contributed by atoms with Gasteiger partial charge in [0.1, 0.15) is 11.5 Å². The second-order valence-electron chi connectivity index (χ2n) is 8.00. The van der Waals surface area contributed by atoms with Crippen LogP contribution in [0.1, 0.15) is 22.3 Å². The van der Waals surface area contributed by atoms with Crippen LogP contribution in [0.2, 0.25) is 0 Å². The summed E-state index contributed by atoms with van der Waals surface area (Å²) in [7, 11) is 0. The number of halogens is 2. The zero-order chi connectivity index (χ0) is 19.9. The number of phenolic OH excluding ortho intramolecular Hbond substituents is 2. The maximum absolute atomic E-state index is 11.0. The van der Waals surface area contributed by atoms with Crippen LogP contribution in [0.3, 0.4) is 0 Å². The Morgan fingerprint density at radius 2 is 1.14 bits per heavy atom. The topological polar surface area (TPSA) is 40.5 Å². The summed E-state index contributed by atoms with van der Waals surface area (Å²) in [5, 5.41) is 24.0. The first kappa shape index (κ1) is 17.5. The van der Waals surface area contributed by atoms with Gasteiger partial charge in [-0.2, -0.15) is 0 Å². The standard InChI is InChI=1S/C25H16Br2O2/c26-20-9-13-10-21(27)24(29)17-12-25(11-16(22(13)17)23(20)28)18-7-3-1-5-14(18)15-6-2-4-8-19(15)25/h1-10,28-29H,11-12H2. The number of fused-ring (bicyclic) bond motifs is 5. The van der Waals surface area contributed by atoms with E-state index in [4.69, 9.17) is 0 Å². The van der Waals surface area contributed by atoms with E-state index in [9.17, 15) is 10.2 Å². The molecule has 142 valence electrons. The van der Waals surface area contributed by atoms with Crippen LogP contribution in [-0.2, 0) is 18.3 Å². The predicted molar refractivity (Wildman–Crippen MR) is 123 cm³/mol. The number of hydrogen-bond acceptors (Lipinski definition) is 2. The average Bonchev–Trinajstić information content (AvgIpc) is 3.00. The summed E-state index contributed by atoms with van der Waals surface area (Å²) in [6, 6.07) is 20.9. The third kappa shape index (κ3) is 2.16. The minimum atomic E-state index is -0.316. The highest BCUT2D eigenvalue weighted by atomic mass is 79.9. The van der Waals surface area contributed by atoms with Crippen molar-refractivity contribution in [3.05, 3.63) is 91.9 Å². The molecule has 2 nitrogen and oxygen atoms in total. The molecule has 0 heterocycles. The highest BCUT2D eigenvalue weighted by Crippen LogP contribution is 2.58. The van der Waals surface area contributed by atoms with E-state index in [1.165, 1.54) is 22.3 Å². The zero-order valence-electron chi connectivity index (χ0n) is 15.3. The normalized spacial score (nSPS) is 15.5. The molecule has 4 aromatic carbocycles. The van der Waals surface area contributed by atoms with Crippen LogP contribution in [0.15, 0.2) is 69.6 Å². The van der Waals surface area contributed by atoms with Crippen molar-refractivity contribution >= 4 is 42.6 Å². The van der Waals surface area contributed by atoms with E-state index in [1.54, 1.807) is 0 Å². The van der Waals surface area contributed by atoms with Gasteiger partial charge < -0.3 is 10.2 Å². The Bertz CT molecular complexity index is 1260. The first-order valence-corrected chi connectivity index (χ1v) is 11.1. The van der Waals surface area contributed by atoms with Crippen molar-refractivity contribution in [1.29, 1.82) is 0 Å². The Morgan fingerprint density at radius 3 is 1.62 bits per heavy atom. The number of phenols is 2. The van der Waals surface area contributed by atoms with Crippen molar-refractivity contribution in [2.24, 2.45) is 0 Å². The lowest BCUT2D eigenvalue weighted by atomic mass is 9.65. The maximum atomic E-state index is 11.0. The number of hydrogen-bond donors (Lipinski definition) is 2. The van der Waals surface area contributed by atoms with Gasteiger partial charge >= 0.3 is 0 Å². The van der Waals surface area contributed by atoms with E-state index < -0.39 is 0 Å². The Hall–Kier alpha value is -2.30. The van der Waals surface area contributed by atoms with Gasteiger partial charge in [0.15, 0.2) is 0 Å². The smallest absolute Gasteiger partial charge is 0.133 e. The molecule has 0 unspecified atom stereocenters. The summed E-state index contributed by atoms with van der Waals surface area (Å²) < 4.78 is 1.36.